The molecule has 37 heavy (non-hydrogen) atoms. The Hall–Kier alpha value is -1.76. The molecule has 0 amide bonds. The Kier molecular flexibility index (Phi) is 6.86. The first-order valence-electron chi connectivity index (χ1n) is 14.3. The van der Waals surface area contributed by atoms with Crippen molar-refractivity contribution in [3.63, 3.8) is 0 Å². The van der Waals surface area contributed by atoms with Crippen molar-refractivity contribution in [2.75, 3.05) is 0 Å². The summed E-state index contributed by atoms with van der Waals surface area (Å²) in [7, 11) is 0. The molecule has 1 aromatic carbocycles. The lowest BCUT2D eigenvalue weighted by atomic mass is 9.42. The van der Waals surface area contributed by atoms with Gasteiger partial charge in [-0.15, -0.1) is 0 Å². The normalized spacial score (nSPS) is 45.8. The minimum absolute atomic E-state index is 0.0124. The largest absolute Gasteiger partial charge is 0.481 e. The zero-order chi connectivity index (χ0) is 26.8. The Morgan fingerprint density at radius 1 is 1.03 bits per heavy atom. The van der Waals surface area contributed by atoms with Gasteiger partial charge < -0.3 is 20.4 Å². The summed E-state index contributed by atoms with van der Waals surface area (Å²) in [5, 5.41) is 44.0. The molecule has 6 nitrogen and oxygen atoms in total. The van der Waals surface area contributed by atoms with Gasteiger partial charge in [0.15, 0.2) is 5.78 Å². The summed E-state index contributed by atoms with van der Waals surface area (Å²) in [6, 6.07) is 9.00. The SMILES string of the molecule is CC(CCC(=O)O)C1CCC2C3C(O)CC4CC(O)(C(=O)c5ccccc5)CCC4(C)C3CC(O)C12C. The number of carbonyl (C=O) groups is 2. The van der Waals surface area contributed by atoms with Crippen LogP contribution < -0.4 is 0 Å². The van der Waals surface area contributed by atoms with Crippen molar-refractivity contribution in [3.05, 3.63) is 35.9 Å². The molecule has 11 unspecified atom stereocenters. The van der Waals surface area contributed by atoms with Crippen molar-refractivity contribution < 1.29 is 30.0 Å². The summed E-state index contributed by atoms with van der Waals surface area (Å²) >= 11 is 0. The van der Waals surface area contributed by atoms with Gasteiger partial charge in [0.25, 0.3) is 0 Å². The molecule has 6 heteroatoms. The Balaban J connectivity index is 1.39. The maximum atomic E-state index is 13.3. The predicted octanol–water partition coefficient (Wildman–Crippen LogP) is 4.70. The van der Waals surface area contributed by atoms with Crippen LogP contribution in [-0.4, -0.2) is 50.0 Å². The molecule has 4 aliphatic carbocycles. The molecule has 0 saturated heterocycles. The van der Waals surface area contributed by atoms with Crippen LogP contribution in [0.3, 0.4) is 0 Å². The molecule has 0 aromatic heterocycles. The Morgan fingerprint density at radius 3 is 2.41 bits per heavy atom. The number of rotatable bonds is 6. The monoisotopic (exact) mass is 512 g/mol. The van der Waals surface area contributed by atoms with E-state index in [9.17, 15) is 30.0 Å². The predicted molar refractivity (Wildman–Crippen MR) is 140 cm³/mol. The molecule has 11 atom stereocenters. The fourth-order valence-corrected chi connectivity index (χ4v) is 9.76. The third-order valence-corrected chi connectivity index (χ3v) is 11.9. The number of hydrogen-bond donors (Lipinski definition) is 4. The first-order valence-corrected chi connectivity index (χ1v) is 14.3. The molecule has 0 heterocycles. The Bertz CT molecular complexity index is 1030. The molecule has 0 bridgehead atoms. The van der Waals surface area contributed by atoms with E-state index in [2.05, 4.69) is 20.8 Å². The summed E-state index contributed by atoms with van der Waals surface area (Å²) in [4.78, 5) is 24.5. The van der Waals surface area contributed by atoms with Gasteiger partial charge in [-0.05, 0) is 97.7 Å². The van der Waals surface area contributed by atoms with Gasteiger partial charge in [0.2, 0.25) is 0 Å². The van der Waals surface area contributed by atoms with Crippen molar-refractivity contribution in [2.24, 2.45) is 46.3 Å². The molecule has 4 aliphatic rings. The Morgan fingerprint density at radius 2 is 1.73 bits per heavy atom. The number of aliphatic carboxylic acids is 1. The minimum Gasteiger partial charge on any atom is -0.481 e. The summed E-state index contributed by atoms with van der Waals surface area (Å²) in [5.74, 6) is -0.129. The molecule has 0 radical (unpaired) electrons. The molecule has 4 fully saturated rings. The molecule has 4 N–H and O–H groups in total. The number of carbonyl (C=O) groups excluding carboxylic acids is 1. The second-order valence-electron chi connectivity index (χ2n) is 13.4. The summed E-state index contributed by atoms with van der Waals surface area (Å²) < 4.78 is 0. The number of hydrogen-bond acceptors (Lipinski definition) is 5. The van der Waals surface area contributed by atoms with Gasteiger partial charge in [-0.2, -0.15) is 0 Å². The van der Waals surface area contributed by atoms with E-state index in [0.29, 0.717) is 44.1 Å². The van der Waals surface area contributed by atoms with E-state index >= 15 is 0 Å². The van der Waals surface area contributed by atoms with E-state index in [1.807, 2.05) is 18.2 Å². The lowest BCUT2D eigenvalue weighted by Gasteiger charge is -2.64. The second-order valence-corrected chi connectivity index (χ2v) is 13.4. The van der Waals surface area contributed by atoms with Crippen molar-refractivity contribution in [1.82, 2.24) is 0 Å². The van der Waals surface area contributed by atoms with E-state index in [-0.39, 0.29) is 58.5 Å². The van der Waals surface area contributed by atoms with Crippen LogP contribution in [-0.2, 0) is 4.79 Å². The highest BCUT2D eigenvalue weighted by Crippen LogP contribution is 2.69. The number of carboxylic acid groups (broad SMARTS) is 1. The first-order chi connectivity index (χ1) is 17.4. The molecular weight excluding hydrogens is 468 g/mol. The van der Waals surface area contributed by atoms with E-state index in [1.165, 1.54) is 0 Å². The van der Waals surface area contributed by atoms with Crippen LogP contribution in [0.5, 0.6) is 0 Å². The van der Waals surface area contributed by atoms with E-state index in [4.69, 9.17) is 0 Å². The smallest absolute Gasteiger partial charge is 0.303 e. The number of ketones is 1. The maximum absolute atomic E-state index is 13.3. The number of benzene rings is 1. The third-order valence-electron chi connectivity index (χ3n) is 11.9. The topological polar surface area (TPSA) is 115 Å². The van der Waals surface area contributed by atoms with E-state index < -0.39 is 23.8 Å². The lowest BCUT2D eigenvalue weighted by molar-refractivity contribution is -0.211. The minimum atomic E-state index is -1.42. The van der Waals surface area contributed by atoms with Crippen molar-refractivity contribution >= 4 is 11.8 Å². The van der Waals surface area contributed by atoms with Crippen LogP contribution in [0, 0.1) is 46.3 Å². The third kappa shape index (κ3) is 4.18. The van der Waals surface area contributed by atoms with E-state index in [0.717, 1.165) is 12.8 Å². The van der Waals surface area contributed by atoms with Crippen molar-refractivity contribution in [2.45, 2.75) is 96.4 Å². The quantitative estimate of drug-likeness (QED) is 0.411. The average Bonchev–Trinajstić information content (AvgIpc) is 3.23. The zero-order valence-electron chi connectivity index (χ0n) is 22.5. The highest BCUT2D eigenvalue weighted by Gasteiger charge is 2.66. The highest BCUT2D eigenvalue weighted by atomic mass is 16.4. The van der Waals surface area contributed by atoms with Crippen LogP contribution >= 0.6 is 0 Å². The molecule has 0 aliphatic heterocycles. The fourth-order valence-electron chi connectivity index (χ4n) is 9.76. The molecule has 4 saturated carbocycles. The van der Waals surface area contributed by atoms with Gasteiger partial charge in [0.05, 0.1) is 12.2 Å². The Labute approximate surface area is 220 Å². The van der Waals surface area contributed by atoms with Crippen LogP contribution in [0.25, 0.3) is 0 Å². The van der Waals surface area contributed by atoms with Crippen molar-refractivity contribution in [1.29, 1.82) is 0 Å². The van der Waals surface area contributed by atoms with Gasteiger partial charge in [-0.1, -0.05) is 51.1 Å². The maximum Gasteiger partial charge on any atom is 0.303 e. The van der Waals surface area contributed by atoms with Crippen molar-refractivity contribution in [3.8, 4) is 0 Å². The van der Waals surface area contributed by atoms with Crippen LogP contribution in [0.2, 0.25) is 0 Å². The van der Waals surface area contributed by atoms with Gasteiger partial charge in [0.1, 0.15) is 5.60 Å². The standard InChI is InChI=1S/C31H44O6/c1-18(9-12-26(34)35)21-10-11-22-27-23(16-25(33)30(21,22)3)29(2)13-14-31(37,17-20(29)15-24(27)32)28(36)19-7-5-4-6-8-19/h4-8,18,20-25,27,32-33,37H,9-17H2,1-3H3,(H,34,35). The van der Waals surface area contributed by atoms with E-state index in [1.54, 1.807) is 12.1 Å². The van der Waals surface area contributed by atoms with Gasteiger partial charge in [-0.25, -0.2) is 0 Å². The summed E-state index contributed by atoms with van der Waals surface area (Å²) in [6.45, 7) is 6.58. The molecule has 1 aromatic rings. The van der Waals surface area contributed by atoms with Gasteiger partial charge in [-0.3, -0.25) is 9.59 Å². The van der Waals surface area contributed by atoms with Gasteiger partial charge >= 0.3 is 5.97 Å². The fraction of sp³-hybridized carbons (Fsp3) is 0.742. The number of fused-ring (bicyclic) bond motifs is 5. The number of carboxylic acids is 1. The summed E-state index contributed by atoms with van der Waals surface area (Å²) in [5.41, 5.74) is -1.37. The first kappa shape index (κ1) is 26.8. The van der Waals surface area contributed by atoms with Crippen LogP contribution in [0.15, 0.2) is 30.3 Å². The van der Waals surface area contributed by atoms with Crippen LogP contribution in [0.4, 0.5) is 0 Å². The molecule has 0 spiro atoms. The molecule has 5 rings (SSSR count). The zero-order valence-corrected chi connectivity index (χ0v) is 22.5. The molecular formula is C31H44O6. The van der Waals surface area contributed by atoms with Gasteiger partial charge in [0, 0.05) is 12.0 Å². The highest BCUT2D eigenvalue weighted by molar-refractivity contribution is 6.02. The average molecular weight is 513 g/mol. The lowest BCUT2D eigenvalue weighted by Crippen LogP contribution is -2.63. The molecule has 204 valence electrons. The van der Waals surface area contributed by atoms with Crippen LogP contribution in [0.1, 0.15) is 88.9 Å². The summed E-state index contributed by atoms with van der Waals surface area (Å²) in [6.07, 6.45) is 4.28. The number of aliphatic hydroxyl groups is 3. The number of Topliss-reactive ketones (excluding diaryl/α,β-unsaturated/α-hetero) is 1. The number of aliphatic hydroxyl groups excluding tert-OH is 2. The second kappa shape index (κ2) is 9.46.